The van der Waals surface area contributed by atoms with Gasteiger partial charge < -0.3 is 11.1 Å². The Hall–Kier alpha value is -3.40. The molecule has 0 saturated heterocycles. The van der Waals surface area contributed by atoms with Crippen LogP contribution in [0.2, 0.25) is 5.02 Å². The molecule has 0 aliphatic rings. The number of thiophene rings is 1. The molecule has 1 atom stereocenters. The molecule has 0 saturated carbocycles. The Morgan fingerprint density at radius 3 is 2.88 bits per heavy atom. The predicted molar refractivity (Wildman–Crippen MR) is 134 cm³/mol. The molecule has 0 radical (unpaired) electrons. The van der Waals surface area contributed by atoms with Gasteiger partial charge in [-0.25, -0.2) is 14.4 Å². The Morgan fingerprint density at radius 2 is 2.09 bits per heavy atom. The van der Waals surface area contributed by atoms with Crippen molar-refractivity contribution in [3.8, 4) is 21.7 Å². The summed E-state index contributed by atoms with van der Waals surface area (Å²) >= 11 is 8.04. The Labute approximate surface area is 204 Å². The fourth-order valence-corrected chi connectivity index (χ4v) is 5.25. The number of nitrogens with zero attached hydrogens (tertiary/aromatic N) is 5. The largest absolute Gasteiger partial charge is 0.352 e. The summed E-state index contributed by atoms with van der Waals surface area (Å²) in [6.07, 6.45) is 5.02. The summed E-state index contributed by atoms with van der Waals surface area (Å²) in [6, 6.07) is 12.5. The number of rotatable bonds is 7. The average molecular weight is 494 g/mol. The van der Waals surface area contributed by atoms with Crippen LogP contribution in [0, 0.1) is 5.82 Å². The Bertz CT molecular complexity index is 1450. The standard InChI is InChI=1S/C24H21ClFN7S/c1-14(27)17-6-5-16(26)12-19(17)18-4-2-3-15-11-21(34-23(15)18)22-20(25)13-29-24(31-22)28-7-9-33-10-8-30-32-33/h2-6,8,10-14H,7,9,27H2,1H3,(H,28,29,31)/t14-/m1/s1. The van der Waals surface area contributed by atoms with Gasteiger partial charge in [0, 0.05) is 23.5 Å². The van der Waals surface area contributed by atoms with Crippen molar-refractivity contribution >= 4 is 39.0 Å². The van der Waals surface area contributed by atoms with Crippen LogP contribution in [-0.4, -0.2) is 31.5 Å². The second-order valence-electron chi connectivity index (χ2n) is 7.84. The molecule has 5 aromatic rings. The van der Waals surface area contributed by atoms with Crippen molar-refractivity contribution in [3.63, 3.8) is 0 Å². The van der Waals surface area contributed by atoms with Crippen molar-refractivity contribution in [1.29, 1.82) is 0 Å². The van der Waals surface area contributed by atoms with E-state index >= 15 is 0 Å². The normalized spacial score (nSPS) is 12.2. The van der Waals surface area contributed by atoms with E-state index in [2.05, 4.69) is 25.6 Å². The molecule has 3 N–H and O–H groups in total. The number of anilines is 1. The highest BCUT2D eigenvalue weighted by Gasteiger charge is 2.17. The molecule has 0 spiro atoms. The van der Waals surface area contributed by atoms with Gasteiger partial charge in [-0.05, 0) is 47.2 Å². The van der Waals surface area contributed by atoms with Gasteiger partial charge in [-0.3, -0.25) is 4.68 Å². The third kappa shape index (κ3) is 4.50. The summed E-state index contributed by atoms with van der Waals surface area (Å²) in [5.41, 5.74) is 9.43. The molecule has 7 nitrogen and oxygen atoms in total. The van der Waals surface area contributed by atoms with Crippen LogP contribution in [-0.2, 0) is 6.54 Å². The van der Waals surface area contributed by atoms with Gasteiger partial charge >= 0.3 is 0 Å². The second-order valence-corrected chi connectivity index (χ2v) is 9.30. The van der Waals surface area contributed by atoms with Gasteiger partial charge in [0.2, 0.25) is 5.95 Å². The van der Waals surface area contributed by atoms with E-state index in [4.69, 9.17) is 17.3 Å². The van der Waals surface area contributed by atoms with Crippen LogP contribution in [0.3, 0.4) is 0 Å². The Morgan fingerprint density at radius 1 is 1.21 bits per heavy atom. The average Bonchev–Trinajstić information content (AvgIpc) is 3.49. The molecule has 3 heterocycles. The highest BCUT2D eigenvalue weighted by Crippen LogP contribution is 2.42. The molecular formula is C24H21ClFN7S. The van der Waals surface area contributed by atoms with E-state index in [0.717, 1.165) is 31.7 Å². The number of nitrogens with two attached hydrogens (primary N) is 1. The SMILES string of the molecule is C[C@@H](N)c1ccc(F)cc1-c1cccc2cc(-c3nc(NCCn4ccnn4)ncc3Cl)sc12. The first-order chi connectivity index (χ1) is 16.5. The number of aromatic nitrogens is 5. The lowest BCUT2D eigenvalue weighted by atomic mass is 9.95. The van der Waals surface area contributed by atoms with E-state index < -0.39 is 0 Å². The van der Waals surface area contributed by atoms with Gasteiger partial charge in [-0.2, -0.15) is 0 Å². The molecule has 5 rings (SSSR count). The number of benzene rings is 2. The van der Waals surface area contributed by atoms with Gasteiger partial charge in [0.25, 0.3) is 0 Å². The van der Waals surface area contributed by atoms with Crippen molar-refractivity contribution < 1.29 is 4.39 Å². The van der Waals surface area contributed by atoms with Crippen LogP contribution in [0.5, 0.6) is 0 Å². The van der Waals surface area contributed by atoms with E-state index in [0.29, 0.717) is 29.8 Å². The maximum Gasteiger partial charge on any atom is 0.223 e. The minimum absolute atomic E-state index is 0.229. The van der Waals surface area contributed by atoms with Crippen molar-refractivity contribution in [3.05, 3.63) is 77.5 Å². The fraction of sp³-hybridized carbons (Fsp3) is 0.167. The molecule has 2 aromatic carbocycles. The molecule has 10 heteroatoms. The number of halogens is 2. The smallest absolute Gasteiger partial charge is 0.223 e. The lowest BCUT2D eigenvalue weighted by Crippen LogP contribution is -2.13. The van der Waals surface area contributed by atoms with Gasteiger partial charge in [-0.1, -0.05) is 41.1 Å². The van der Waals surface area contributed by atoms with Crippen LogP contribution in [0.25, 0.3) is 31.8 Å². The van der Waals surface area contributed by atoms with Gasteiger partial charge in [0.1, 0.15) is 11.5 Å². The Kier molecular flexibility index (Phi) is 6.23. The third-order valence-corrected chi connectivity index (χ3v) is 6.88. The molecule has 34 heavy (non-hydrogen) atoms. The summed E-state index contributed by atoms with van der Waals surface area (Å²) in [4.78, 5) is 9.84. The zero-order valence-corrected chi connectivity index (χ0v) is 19.8. The van der Waals surface area contributed by atoms with Crippen molar-refractivity contribution in [1.82, 2.24) is 25.0 Å². The summed E-state index contributed by atoms with van der Waals surface area (Å²) < 4.78 is 16.9. The molecular weight excluding hydrogens is 473 g/mol. The van der Waals surface area contributed by atoms with Gasteiger partial charge in [0.05, 0.1) is 28.8 Å². The minimum Gasteiger partial charge on any atom is -0.352 e. The first-order valence-corrected chi connectivity index (χ1v) is 11.9. The quantitative estimate of drug-likeness (QED) is 0.309. The number of hydrogen-bond donors (Lipinski definition) is 2. The molecule has 172 valence electrons. The summed E-state index contributed by atoms with van der Waals surface area (Å²) in [5, 5.41) is 12.4. The molecule has 0 bridgehead atoms. The number of nitrogens with one attached hydrogen (secondary N) is 1. The fourth-order valence-electron chi connectivity index (χ4n) is 3.81. The zero-order chi connectivity index (χ0) is 23.7. The first kappa shape index (κ1) is 22.4. The summed E-state index contributed by atoms with van der Waals surface area (Å²) in [6.45, 7) is 3.11. The first-order valence-electron chi connectivity index (χ1n) is 10.7. The molecule has 0 aliphatic carbocycles. The molecule has 0 amide bonds. The highest BCUT2D eigenvalue weighted by molar-refractivity contribution is 7.22. The summed E-state index contributed by atoms with van der Waals surface area (Å²) in [5.74, 6) is 0.176. The lowest BCUT2D eigenvalue weighted by molar-refractivity contribution is 0.607. The topological polar surface area (TPSA) is 94.5 Å². The molecule has 0 aliphatic heterocycles. The third-order valence-electron chi connectivity index (χ3n) is 5.41. The number of fused-ring (bicyclic) bond motifs is 1. The van der Waals surface area contributed by atoms with Crippen LogP contribution in [0.4, 0.5) is 10.3 Å². The van der Waals surface area contributed by atoms with Crippen molar-refractivity contribution in [2.45, 2.75) is 19.5 Å². The predicted octanol–water partition coefficient (Wildman–Crippen LogP) is 5.54. The van der Waals surface area contributed by atoms with Crippen LogP contribution >= 0.6 is 22.9 Å². The maximum atomic E-state index is 14.2. The van der Waals surface area contributed by atoms with Gasteiger partial charge in [-0.15, -0.1) is 16.4 Å². The minimum atomic E-state index is -0.298. The van der Waals surface area contributed by atoms with Crippen LogP contribution in [0.15, 0.2) is 61.1 Å². The Balaban J connectivity index is 1.51. The van der Waals surface area contributed by atoms with Crippen LogP contribution in [0.1, 0.15) is 18.5 Å². The molecule has 0 fully saturated rings. The molecule has 0 unspecified atom stereocenters. The molecule has 3 aromatic heterocycles. The number of hydrogen-bond acceptors (Lipinski definition) is 7. The van der Waals surface area contributed by atoms with Crippen LogP contribution < -0.4 is 11.1 Å². The van der Waals surface area contributed by atoms with E-state index in [1.165, 1.54) is 6.07 Å². The van der Waals surface area contributed by atoms with E-state index in [1.807, 2.05) is 31.2 Å². The monoisotopic (exact) mass is 493 g/mol. The lowest BCUT2D eigenvalue weighted by Gasteiger charge is -2.14. The van der Waals surface area contributed by atoms with Gasteiger partial charge in [0.15, 0.2) is 0 Å². The zero-order valence-electron chi connectivity index (χ0n) is 18.2. The van der Waals surface area contributed by atoms with E-state index in [-0.39, 0.29) is 11.9 Å². The highest BCUT2D eigenvalue weighted by atomic mass is 35.5. The van der Waals surface area contributed by atoms with E-state index in [1.54, 1.807) is 46.7 Å². The van der Waals surface area contributed by atoms with Crippen molar-refractivity contribution in [2.75, 3.05) is 11.9 Å². The summed E-state index contributed by atoms with van der Waals surface area (Å²) in [7, 11) is 0. The second kappa shape index (κ2) is 9.46. The maximum absolute atomic E-state index is 14.2. The van der Waals surface area contributed by atoms with E-state index in [9.17, 15) is 4.39 Å². The van der Waals surface area contributed by atoms with Crippen molar-refractivity contribution in [2.24, 2.45) is 5.73 Å².